The number of carbonyl (C=O) groups is 1. The lowest BCUT2D eigenvalue weighted by Crippen LogP contribution is -2.36. The average Bonchev–Trinajstić information content (AvgIpc) is 2.08. The zero-order valence-electron chi connectivity index (χ0n) is 6.97. The van der Waals surface area contributed by atoms with Crippen molar-refractivity contribution in [2.24, 2.45) is 0 Å². The number of anilines is 2. The number of carbonyl (C=O) groups excluding carboxylic acids is 1. The summed E-state index contributed by atoms with van der Waals surface area (Å²) in [5.74, 6) is 0.679. The molecule has 1 atom stereocenters. The monoisotopic (exact) mass is 241 g/mol. The molecule has 1 aliphatic rings. The Hall–Kier alpha value is -1.10. The van der Waals surface area contributed by atoms with Gasteiger partial charge in [-0.2, -0.15) is 0 Å². The predicted octanol–water partition coefficient (Wildman–Crippen LogP) is 1.60. The molecule has 13 heavy (non-hydrogen) atoms. The van der Waals surface area contributed by atoms with Crippen molar-refractivity contribution in [2.75, 3.05) is 10.6 Å². The molecular weight excluding hydrogens is 234 g/mol. The number of amides is 1. The van der Waals surface area contributed by atoms with Gasteiger partial charge in [0.1, 0.15) is 10.6 Å². The molecule has 0 saturated carbocycles. The maximum Gasteiger partial charge on any atom is 0.246 e. The molecule has 0 fully saturated rings. The standard InChI is InChI=1S/C8H8BrN3O/c1-4-8(13)11-5-2-3-6(9)12-7(5)10-4/h2-4H,1H3,(H,10,12)(H,11,13). The third-order valence-corrected chi connectivity index (χ3v) is 2.31. The minimum atomic E-state index is -0.228. The largest absolute Gasteiger partial charge is 0.357 e. The number of halogens is 1. The first-order valence-electron chi connectivity index (χ1n) is 3.91. The molecule has 0 aliphatic carbocycles. The molecule has 0 radical (unpaired) electrons. The molecule has 2 rings (SSSR count). The van der Waals surface area contributed by atoms with E-state index in [1.807, 2.05) is 6.07 Å². The van der Waals surface area contributed by atoms with E-state index in [1.54, 1.807) is 13.0 Å². The van der Waals surface area contributed by atoms with Crippen LogP contribution in [0.3, 0.4) is 0 Å². The van der Waals surface area contributed by atoms with Gasteiger partial charge in [-0.3, -0.25) is 4.79 Å². The van der Waals surface area contributed by atoms with Gasteiger partial charge in [0.05, 0.1) is 5.69 Å². The Labute approximate surface area is 83.9 Å². The Morgan fingerprint density at radius 1 is 1.54 bits per heavy atom. The topological polar surface area (TPSA) is 54.0 Å². The van der Waals surface area contributed by atoms with Crippen LogP contribution in [0.15, 0.2) is 16.7 Å². The smallest absolute Gasteiger partial charge is 0.246 e. The molecule has 68 valence electrons. The van der Waals surface area contributed by atoms with Crippen LogP contribution in [0.5, 0.6) is 0 Å². The van der Waals surface area contributed by atoms with Gasteiger partial charge in [-0.1, -0.05) is 0 Å². The zero-order chi connectivity index (χ0) is 9.42. The van der Waals surface area contributed by atoms with E-state index in [4.69, 9.17) is 0 Å². The Morgan fingerprint density at radius 2 is 2.31 bits per heavy atom. The number of pyridine rings is 1. The Kier molecular flexibility index (Phi) is 1.95. The highest BCUT2D eigenvalue weighted by molar-refractivity contribution is 9.10. The highest BCUT2D eigenvalue weighted by Crippen LogP contribution is 2.25. The van der Waals surface area contributed by atoms with Crippen molar-refractivity contribution in [3.8, 4) is 0 Å². The van der Waals surface area contributed by atoms with Crippen LogP contribution in [0.25, 0.3) is 0 Å². The maximum absolute atomic E-state index is 11.2. The fourth-order valence-corrected chi connectivity index (χ4v) is 1.47. The van der Waals surface area contributed by atoms with Crippen LogP contribution in [0, 0.1) is 0 Å². The summed E-state index contributed by atoms with van der Waals surface area (Å²) in [4.78, 5) is 15.4. The second kappa shape index (κ2) is 2.99. The fraction of sp³-hybridized carbons (Fsp3) is 0.250. The van der Waals surface area contributed by atoms with E-state index in [1.165, 1.54) is 0 Å². The van der Waals surface area contributed by atoms with Crippen molar-refractivity contribution >= 4 is 33.3 Å². The lowest BCUT2D eigenvalue weighted by atomic mass is 10.2. The number of nitrogens with zero attached hydrogens (tertiary/aromatic N) is 1. The van der Waals surface area contributed by atoms with Crippen molar-refractivity contribution < 1.29 is 4.79 Å². The number of fused-ring (bicyclic) bond motifs is 1. The number of hydrogen-bond donors (Lipinski definition) is 2. The van der Waals surface area contributed by atoms with Crippen LogP contribution in [-0.2, 0) is 4.79 Å². The van der Waals surface area contributed by atoms with Crippen molar-refractivity contribution in [3.05, 3.63) is 16.7 Å². The summed E-state index contributed by atoms with van der Waals surface area (Å²) in [6.07, 6.45) is 0. The third kappa shape index (κ3) is 1.51. The lowest BCUT2D eigenvalue weighted by Gasteiger charge is -2.22. The summed E-state index contributed by atoms with van der Waals surface area (Å²) < 4.78 is 0.752. The average molecular weight is 242 g/mol. The van der Waals surface area contributed by atoms with Crippen molar-refractivity contribution in [2.45, 2.75) is 13.0 Å². The second-order valence-corrected chi connectivity index (χ2v) is 3.70. The first-order chi connectivity index (χ1) is 6.16. The van der Waals surface area contributed by atoms with E-state index >= 15 is 0 Å². The van der Waals surface area contributed by atoms with Crippen LogP contribution in [0.1, 0.15) is 6.92 Å². The van der Waals surface area contributed by atoms with Crippen LogP contribution in [-0.4, -0.2) is 16.9 Å². The van der Waals surface area contributed by atoms with Gasteiger partial charge in [0, 0.05) is 0 Å². The second-order valence-electron chi connectivity index (χ2n) is 2.89. The third-order valence-electron chi connectivity index (χ3n) is 1.87. The molecule has 0 bridgehead atoms. The van der Waals surface area contributed by atoms with Crippen LogP contribution >= 0.6 is 15.9 Å². The van der Waals surface area contributed by atoms with Gasteiger partial charge in [0.2, 0.25) is 5.91 Å². The molecule has 1 aromatic heterocycles. The van der Waals surface area contributed by atoms with E-state index in [-0.39, 0.29) is 11.9 Å². The van der Waals surface area contributed by atoms with E-state index in [0.717, 1.165) is 10.3 Å². The van der Waals surface area contributed by atoms with Gasteiger partial charge >= 0.3 is 0 Å². The minimum absolute atomic E-state index is 0.0309. The SMILES string of the molecule is CC1Nc2nc(Br)ccc2NC1=O. The highest BCUT2D eigenvalue weighted by atomic mass is 79.9. The molecule has 5 heteroatoms. The Bertz CT molecular complexity index is 366. The Balaban J connectivity index is 2.42. The quantitative estimate of drug-likeness (QED) is 0.679. The van der Waals surface area contributed by atoms with Crippen molar-refractivity contribution in [1.29, 1.82) is 0 Å². The molecule has 2 N–H and O–H groups in total. The molecule has 4 nitrogen and oxygen atoms in total. The summed E-state index contributed by atoms with van der Waals surface area (Å²) in [6.45, 7) is 1.79. The molecule has 1 aromatic rings. The maximum atomic E-state index is 11.2. The van der Waals surface area contributed by atoms with E-state index in [2.05, 4.69) is 31.5 Å². The van der Waals surface area contributed by atoms with E-state index in [9.17, 15) is 4.79 Å². The highest BCUT2D eigenvalue weighted by Gasteiger charge is 2.21. The van der Waals surface area contributed by atoms with Gasteiger partial charge < -0.3 is 10.6 Å². The van der Waals surface area contributed by atoms with Gasteiger partial charge in [0.15, 0.2) is 5.82 Å². The van der Waals surface area contributed by atoms with Crippen molar-refractivity contribution in [3.63, 3.8) is 0 Å². The number of rotatable bonds is 0. The summed E-state index contributed by atoms with van der Waals surface area (Å²) in [6, 6.07) is 3.37. The van der Waals surface area contributed by atoms with Crippen molar-refractivity contribution in [1.82, 2.24) is 4.98 Å². The molecule has 0 saturated heterocycles. The molecule has 2 heterocycles. The molecule has 1 amide bonds. The van der Waals surface area contributed by atoms with Gasteiger partial charge in [-0.05, 0) is 35.0 Å². The lowest BCUT2D eigenvalue weighted by molar-refractivity contribution is -0.116. The first kappa shape index (κ1) is 8.50. The summed E-state index contributed by atoms with van der Waals surface area (Å²) >= 11 is 3.26. The zero-order valence-corrected chi connectivity index (χ0v) is 8.55. The molecule has 0 spiro atoms. The predicted molar refractivity (Wildman–Crippen MR) is 53.7 cm³/mol. The molecule has 1 unspecified atom stereocenters. The van der Waals surface area contributed by atoms with E-state index < -0.39 is 0 Å². The summed E-state index contributed by atoms with van der Waals surface area (Å²) in [7, 11) is 0. The van der Waals surface area contributed by atoms with Gasteiger partial charge in [-0.15, -0.1) is 0 Å². The summed E-state index contributed by atoms with van der Waals surface area (Å²) in [5.41, 5.74) is 0.728. The normalized spacial score (nSPS) is 20.2. The number of aromatic nitrogens is 1. The van der Waals surface area contributed by atoms with E-state index in [0.29, 0.717) is 5.82 Å². The summed E-state index contributed by atoms with van der Waals surface area (Å²) in [5, 5.41) is 5.75. The number of hydrogen-bond acceptors (Lipinski definition) is 3. The van der Waals surface area contributed by atoms with Crippen LogP contribution < -0.4 is 10.6 Å². The molecule has 1 aliphatic heterocycles. The minimum Gasteiger partial charge on any atom is -0.357 e. The van der Waals surface area contributed by atoms with Gasteiger partial charge in [0.25, 0.3) is 0 Å². The Morgan fingerprint density at radius 3 is 3.08 bits per heavy atom. The fourth-order valence-electron chi connectivity index (χ4n) is 1.16. The van der Waals surface area contributed by atoms with Gasteiger partial charge in [-0.25, -0.2) is 4.98 Å². The van der Waals surface area contributed by atoms with Crippen LogP contribution in [0.2, 0.25) is 0 Å². The first-order valence-corrected chi connectivity index (χ1v) is 4.70. The van der Waals surface area contributed by atoms with Crippen LogP contribution in [0.4, 0.5) is 11.5 Å². The number of nitrogens with one attached hydrogen (secondary N) is 2. The molecular formula is C8H8BrN3O. The molecule has 0 aromatic carbocycles.